The van der Waals surface area contributed by atoms with E-state index in [9.17, 15) is 0 Å². The lowest BCUT2D eigenvalue weighted by atomic mass is 10.1. The summed E-state index contributed by atoms with van der Waals surface area (Å²) in [6.07, 6.45) is 0. The number of anilines is 2. The lowest BCUT2D eigenvalue weighted by molar-refractivity contribution is 0.669. The Bertz CT molecular complexity index is 961. The Hall–Kier alpha value is -2.74. The van der Waals surface area contributed by atoms with E-state index in [4.69, 9.17) is 4.42 Å². The molecule has 0 aliphatic rings. The molecule has 0 fully saturated rings. The third-order valence-electron chi connectivity index (χ3n) is 3.90. The molecule has 3 aromatic carbocycles. The molecule has 0 aliphatic carbocycles. The highest BCUT2D eigenvalue weighted by Gasteiger charge is 2.10. The zero-order valence-corrected chi connectivity index (χ0v) is 12.7. The molecule has 4 rings (SSSR count). The third-order valence-corrected chi connectivity index (χ3v) is 3.90. The summed E-state index contributed by atoms with van der Waals surface area (Å²) in [4.78, 5) is 0. The fourth-order valence-electron chi connectivity index (χ4n) is 3.08. The van der Waals surface area contributed by atoms with E-state index in [0.29, 0.717) is 0 Å². The SMILES string of the molecule is Cc1cc(C)cc(Nc2cccc3oc4ccccc4c23)c1. The van der Waals surface area contributed by atoms with Crippen molar-refractivity contribution in [1.29, 1.82) is 0 Å². The number of rotatable bonds is 2. The third kappa shape index (κ3) is 2.13. The average Bonchev–Trinajstić information content (AvgIpc) is 2.85. The Morgan fingerprint density at radius 1 is 0.773 bits per heavy atom. The maximum absolute atomic E-state index is 5.94. The van der Waals surface area contributed by atoms with Crippen LogP contribution in [0.15, 0.2) is 65.1 Å². The first-order valence-corrected chi connectivity index (χ1v) is 7.46. The van der Waals surface area contributed by atoms with Gasteiger partial charge in [0.15, 0.2) is 0 Å². The smallest absolute Gasteiger partial charge is 0.137 e. The first-order valence-electron chi connectivity index (χ1n) is 7.46. The number of hydrogen-bond acceptors (Lipinski definition) is 2. The van der Waals surface area contributed by atoms with Crippen molar-refractivity contribution in [3.8, 4) is 0 Å². The summed E-state index contributed by atoms with van der Waals surface area (Å²) in [5.74, 6) is 0. The topological polar surface area (TPSA) is 25.2 Å². The van der Waals surface area contributed by atoms with Crippen LogP contribution in [0, 0.1) is 13.8 Å². The van der Waals surface area contributed by atoms with Crippen molar-refractivity contribution in [1.82, 2.24) is 0 Å². The van der Waals surface area contributed by atoms with Crippen LogP contribution in [-0.2, 0) is 0 Å². The number of aryl methyl sites for hydroxylation is 2. The summed E-state index contributed by atoms with van der Waals surface area (Å²) >= 11 is 0. The maximum Gasteiger partial charge on any atom is 0.137 e. The Labute approximate surface area is 129 Å². The van der Waals surface area contributed by atoms with Gasteiger partial charge in [-0.05, 0) is 55.3 Å². The molecule has 108 valence electrons. The first-order chi connectivity index (χ1) is 10.7. The van der Waals surface area contributed by atoms with Gasteiger partial charge in [0.25, 0.3) is 0 Å². The minimum Gasteiger partial charge on any atom is -0.456 e. The van der Waals surface area contributed by atoms with E-state index >= 15 is 0 Å². The first kappa shape index (κ1) is 13.0. The normalized spacial score (nSPS) is 11.2. The molecule has 1 N–H and O–H groups in total. The van der Waals surface area contributed by atoms with Gasteiger partial charge in [-0.2, -0.15) is 0 Å². The molecule has 1 aromatic heterocycles. The van der Waals surface area contributed by atoms with Crippen LogP contribution < -0.4 is 5.32 Å². The maximum atomic E-state index is 5.94. The predicted octanol–water partition coefficient (Wildman–Crippen LogP) is 5.95. The number of hydrogen-bond donors (Lipinski definition) is 1. The highest BCUT2D eigenvalue weighted by Crippen LogP contribution is 2.35. The van der Waals surface area contributed by atoms with Gasteiger partial charge in [-0.3, -0.25) is 0 Å². The quantitative estimate of drug-likeness (QED) is 0.493. The second-order valence-electron chi connectivity index (χ2n) is 5.78. The molecular weight excluding hydrogens is 270 g/mol. The van der Waals surface area contributed by atoms with E-state index in [2.05, 4.69) is 49.5 Å². The van der Waals surface area contributed by atoms with Gasteiger partial charge in [-0.15, -0.1) is 0 Å². The molecule has 0 amide bonds. The highest BCUT2D eigenvalue weighted by atomic mass is 16.3. The standard InChI is InChI=1S/C20H17NO/c1-13-10-14(2)12-15(11-13)21-17-7-5-9-19-20(17)16-6-3-4-8-18(16)22-19/h3-12,21H,1-2H3. The van der Waals surface area contributed by atoms with E-state index in [-0.39, 0.29) is 0 Å². The van der Waals surface area contributed by atoms with Gasteiger partial charge >= 0.3 is 0 Å². The van der Waals surface area contributed by atoms with E-state index in [1.165, 1.54) is 11.1 Å². The number of fused-ring (bicyclic) bond motifs is 3. The van der Waals surface area contributed by atoms with E-state index in [0.717, 1.165) is 33.3 Å². The molecule has 1 heterocycles. The second-order valence-corrected chi connectivity index (χ2v) is 5.78. The Morgan fingerprint density at radius 2 is 1.50 bits per heavy atom. The zero-order chi connectivity index (χ0) is 15.1. The summed E-state index contributed by atoms with van der Waals surface area (Å²) in [6.45, 7) is 4.23. The number of furan rings is 1. The van der Waals surface area contributed by atoms with Crippen LogP contribution in [0.3, 0.4) is 0 Å². The van der Waals surface area contributed by atoms with Crippen molar-refractivity contribution in [2.75, 3.05) is 5.32 Å². The van der Waals surface area contributed by atoms with Gasteiger partial charge in [0, 0.05) is 11.1 Å². The molecule has 0 radical (unpaired) electrons. The van der Waals surface area contributed by atoms with Crippen LogP contribution in [0.2, 0.25) is 0 Å². The van der Waals surface area contributed by atoms with Crippen molar-refractivity contribution in [2.24, 2.45) is 0 Å². The molecule has 0 aliphatic heterocycles. The van der Waals surface area contributed by atoms with Crippen LogP contribution in [0.25, 0.3) is 21.9 Å². The summed E-state index contributed by atoms with van der Waals surface area (Å²) in [7, 11) is 0. The Kier molecular flexibility index (Phi) is 2.90. The molecule has 0 saturated carbocycles. The van der Waals surface area contributed by atoms with Gasteiger partial charge < -0.3 is 9.73 Å². The summed E-state index contributed by atoms with van der Waals surface area (Å²) < 4.78 is 5.94. The van der Waals surface area contributed by atoms with Crippen molar-refractivity contribution >= 4 is 33.3 Å². The zero-order valence-electron chi connectivity index (χ0n) is 12.7. The largest absolute Gasteiger partial charge is 0.456 e. The van der Waals surface area contributed by atoms with E-state index < -0.39 is 0 Å². The van der Waals surface area contributed by atoms with Gasteiger partial charge in [-0.1, -0.05) is 30.3 Å². The van der Waals surface area contributed by atoms with Crippen molar-refractivity contribution in [3.05, 3.63) is 71.8 Å². The number of nitrogens with one attached hydrogen (secondary N) is 1. The molecule has 0 spiro atoms. The van der Waals surface area contributed by atoms with Crippen molar-refractivity contribution < 1.29 is 4.42 Å². The van der Waals surface area contributed by atoms with Gasteiger partial charge in [0.05, 0.1) is 11.1 Å². The van der Waals surface area contributed by atoms with E-state index in [1.807, 2.05) is 30.3 Å². The number of para-hydroxylation sites is 1. The molecule has 4 aromatic rings. The van der Waals surface area contributed by atoms with Gasteiger partial charge in [-0.25, -0.2) is 0 Å². The minimum atomic E-state index is 0.913. The lowest BCUT2D eigenvalue weighted by Crippen LogP contribution is -1.92. The van der Waals surface area contributed by atoms with Crippen molar-refractivity contribution in [3.63, 3.8) is 0 Å². The Morgan fingerprint density at radius 3 is 2.32 bits per heavy atom. The van der Waals surface area contributed by atoms with Gasteiger partial charge in [0.2, 0.25) is 0 Å². The Balaban J connectivity index is 1.91. The summed E-state index contributed by atoms with van der Waals surface area (Å²) in [5.41, 5.74) is 6.53. The number of benzene rings is 3. The molecule has 2 nitrogen and oxygen atoms in total. The van der Waals surface area contributed by atoms with Crippen LogP contribution in [-0.4, -0.2) is 0 Å². The summed E-state index contributed by atoms with van der Waals surface area (Å²) in [6, 6.07) is 20.8. The van der Waals surface area contributed by atoms with Crippen LogP contribution in [0.4, 0.5) is 11.4 Å². The summed E-state index contributed by atoms with van der Waals surface area (Å²) in [5, 5.41) is 5.83. The molecule has 0 atom stereocenters. The molecule has 0 unspecified atom stereocenters. The van der Waals surface area contributed by atoms with Gasteiger partial charge in [0.1, 0.15) is 11.2 Å². The average molecular weight is 287 g/mol. The highest BCUT2D eigenvalue weighted by molar-refractivity contribution is 6.11. The lowest BCUT2D eigenvalue weighted by Gasteiger charge is -2.10. The molecule has 0 bridgehead atoms. The minimum absolute atomic E-state index is 0.913. The molecular formula is C20H17NO. The van der Waals surface area contributed by atoms with Crippen molar-refractivity contribution in [2.45, 2.75) is 13.8 Å². The molecule has 2 heteroatoms. The van der Waals surface area contributed by atoms with Crippen LogP contribution in [0.1, 0.15) is 11.1 Å². The van der Waals surface area contributed by atoms with Crippen LogP contribution in [0.5, 0.6) is 0 Å². The fraction of sp³-hybridized carbons (Fsp3) is 0.100. The van der Waals surface area contributed by atoms with E-state index in [1.54, 1.807) is 0 Å². The van der Waals surface area contributed by atoms with Crippen LogP contribution >= 0.6 is 0 Å². The fourth-order valence-corrected chi connectivity index (χ4v) is 3.08. The molecule has 0 saturated heterocycles. The monoisotopic (exact) mass is 287 g/mol. The predicted molar refractivity (Wildman–Crippen MR) is 92.9 cm³/mol. The second kappa shape index (κ2) is 4.92. The molecule has 22 heavy (non-hydrogen) atoms.